The van der Waals surface area contributed by atoms with Crippen LogP contribution in [0.1, 0.15) is 61.4 Å². The first-order valence-corrected chi connectivity index (χ1v) is 7.28. The lowest BCUT2D eigenvalue weighted by molar-refractivity contribution is 0.0736. The Bertz CT molecular complexity index is 437. The van der Waals surface area contributed by atoms with E-state index in [0.29, 0.717) is 0 Å². The predicted octanol–water partition coefficient (Wildman–Crippen LogP) is 1.46. The number of aliphatic hydroxyl groups is 1. The molecule has 1 fully saturated rings. The third-order valence-corrected chi connectivity index (χ3v) is 3.69. The zero-order valence-electron chi connectivity index (χ0n) is 11.9. The highest BCUT2D eigenvalue weighted by atomic mass is 16.3. The minimum absolute atomic E-state index is 0.111. The summed E-state index contributed by atoms with van der Waals surface area (Å²) < 4.78 is 5.21. The molecule has 1 aromatic heterocycles. The number of oxazole rings is 1. The highest BCUT2D eigenvalue weighted by molar-refractivity contribution is 5.92. The fourth-order valence-corrected chi connectivity index (χ4v) is 2.36. The summed E-state index contributed by atoms with van der Waals surface area (Å²) in [6.45, 7) is 3.10. The molecule has 1 saturated heterocycles. The molecule has 0 bridgehead atoms. The first kappa shape index (κ1) is 15.0. The summed E-state index contributed by atoms with van der Waals surface area (Å²) in [7, 11) is 0. The fourth-order valence-electron chi connectivity index (χ4n) is 2.36. The van der Waals surface area contributed by atoms with Gasteiger partial charge in [-0.1, -0.05) is 19.3 Å². The van der Waals surface area contributed by atoms with Crippen molar-refractivity contribution >= 4 is 5.91 Å². The Balaban J connectivity index is 2.04. The van der Waals surface area contributed by atoms with Gasteiger partial charge in [-0.25, -0.2) is 4.98 Å². The molecule has 1 amide bonds. The van der Waals surface area contributed by atoms with Crippen molar-refractivity contribution in [1.29, 1.82) is 0 Å². The number of carbonyl (C=O) groups excluding carboxylic acids is 1. The molecule has 0 saturated carbocycles. The Morgan fingerprint density at radius 1 is 1.35 bits per heavy atom. The summed E-state index contributed by atoms with van der Waals surface area (Å²) in [5, 5.41) is 9.42. The minimum Gasteiger partial charge on any atom is -0.446 e. The van der Waals surface area contributed by atoms with Gasteiger partial charge in [-0.3, -0.25) is 4.79 Å². The van der Waals surface area contributed by atoms with E-state index in [-0.39, 0.29) is 17.5 Å². The lowest BCUT2D eigenvalue weighted by Crippen LogP contribution is -2.34. The standard InChI is InChI=1S/C14H23N3O3/c1-10(18)12(15)13-16-11(9-20-13)14(19)17-7-5-3-2-4-6-8-17/h9-10,12,18H,2-8,15H2,1H3. The van der Waals surface area contributed by atoms with Crippen LogP contribution in [0.3, 0.4) is 0 Å². The second kappa shape index (κ2) is 6.85. The smallest absolute Gasteiger partial charge is 0.275 e. The molecule has 1 aromatic rings. The first-order valence-electron chi connectivity index (χ1n) is 7.28. The molecule has 0 spiro atoms. The number of hydrogen-bond acceptors (Lipinski definition) is 5. The van der Waals surface area contributed by atoms with Crippen LogP contribution in [0.2, 0.25) is 0 Å². The molecule has 20 heavy (non-hydrogen) atoms. The maximum Gasteiger partial charge on any atom is 0.275 e. The third kappa shape index (κ3) is 3.58. The van der Waals surface area contributed by atoms with E-state index in [2.05, 4.69) is 4.98 Å². The summed E-state index contributed by atoms with van der Waals surface area (Å²) in [5.41, 5.74) is 6.02. The van der Waals surface area contributed by atoms with Crippen molar-refractivity contribution in [2.75, 3.05) is 13.1 Å². The van der Waals surface area contributed by atoms with Gasteiger partial charge in [-0.2, -0.15) is 0 Å². The second-order valence-corrected chi connectivity index (χ2v) is 5.40. The predicted molar refractivity (Wildman–Crippen MR) is 74.1 cm³/mol. The summed E-state index contributed by atoms with van der Waals surface area (Å²) in [6.07, 6.45) is 6.21. The molecule has 2 atom stereocenters. The summed E-state index contributed by atoms with van der Waals surface area (Å²) in [5.74, 6) is 0.0927. The van der Waals surface area contributed by atoms with Crippen molar-refractivity contribution in [3.63, 3.8) is 0 Å². The van der Waals surface area contributed by atoms with E-state index in [1.54, 1.807) is 6.92 Å². The summed E-state index contributed by atoms with van der Waals surface area (Å²) >= 11 is 0. The number of carbonyl (C=O) groups is 1. The van der Waals surface area contributed by atoms with Crippen molar-refractivity contribution in [2.24, 2.45) is 5.73 Å². The van der Waals surface area contributed by atoms with Crippen molar-refractivity contribution in [3.8, 4) is 0 Å². The molecule has 0 radical (unpaired) electrons. The molecule has 0 aromatic carbocycles. The maximum absolute atomic E-state index is 12.4. The van der Waals surface area contributed by atoms with Gasteiger partial charge < -0.3 is 20.2 Å². The molecule has 1 aliphatic rings. The fraction of sp³-hybridized carbons (Fsp3) is 0.714. The number of nitrogens with zero attached hydrogens (tertiary/aromatic N) is 2. The van der Waals surface area contributed by atoms with E-state index in [0.717, 1.165) is 25.9 Å². The molecule has 1 aliphatic heterocycles. The van der Waals surface area contributed by atoms with Crippen LogP contribution in [-0.4, -0.2) is 40.1 Å². The zero-order valence-corrected chi connectivity index (χ0v) is 11.9. The topological polar surface area (TPSA) is 92.6 Å². The van der Waals surface area contributed by atoms with Gasteiger partial charge in [0.25, 0.3) is 5.91 Å². The number of hydrogen-bond donors (Lipinski definition) is 2. The Morgan fingerprint density at radius 2 is 1.95 bits per heavy atom. The molecular formula is C14H23N3O3. The number of likely N-dealkylation sites (tertiary alicyclic amines) is 1. The Hall–Kier alpha value is -1.40. The van der Waals surface area contributed by atoms with Crippen molar-refractivity contribution in [3.05, 3.63) is 17.8 Å². The molecule has 2 rings (SSSR count). The monoisotopic (exact) mass is 281 g/mol. The molecule has 112 valence electrons. The second-order valence-electron chi connectivity index (χ2n) is 5.40. The van der Waals surface area contributed by atoms with Crippen LogP contribution in [-0.2, 0) is 0 Å². The number of aromatic nitrogens is 1. The number of nitrogens with two attached hydrogens (primary N) is 1. The van der Waals surface area contributed by atoms with Gasteiger partial charge >= 0.3 is 0 Å². The maximum atomic E-state index is 12.4. The Kier molecular flexibility index (Phi) is 5.14. The average Bonchev–Trinajstić information content (AvgIpc) is 2.86. The van der Waals surface area contributed by atoms with Crippen LogP contribution in [0.4, 0.5) is 0 Å². The normalized spacial score (nSPS) is 20.1. The van der Waals surface area contributed by atoms with E-state index in [9.17, 15) is 9.90 Å². The molecule has 2 heterocycles. The van der Waals surface area contributed by atoms with E-state index in [4.69, 9.17) is 10.2 Å². The number of aliphatic hydroxyl groups excluding tert-OH is 1. The van der Waals surface area contributed by atoms with Gasteiger partial charge in [-0.05, 0) is 19.8 Å². The van der Waals surface area contributed by atoms with Crippen LogP contribution in [0.5, 0.6) is 0 Å². The highest BCUT2D eigenvalue weighted by Gasteiger charge is 2.23. The van der Waals surface area contributed by atoms with Gasteiger partial charge in [-0.15, -0.1) is 0 Å². The van der Waals surface area contributed by atoms with Crippen LogP contribution in [0.15, 0.2) is 10.7 Å². The van der Waals surface area contributed by atoms with Crippen molar-refractivity contribution < 1.29 is 14.3 Å². The van der Waals surface area contributed by atoms with Gasteiger partial charge in [0.05, 0.1) is 6.10 Å². The van der Waals surface area contributed by atoms with Crippen LogP contribution in [0.25, 0.3) is 0 Å². The zero-order chi connectivity index (χ0) is 14.5. The third-order valence-electron chi connectivity index (χ3n) is 3.69. The molecule has 3 N–H and O–H groups in total. The average molecular weight is 281 g/mol. The minimum atomic E-state index is -0.765. The molecule has 2 unspecified atom stereocenters. The van der Waals surface area contributed by atoms with E-state index in [1.807, 2.05) is 4.90 Å². The number of rotatable bonds is 3. The van der Waals surface area contributed by atoms with Crippen LogP contribution >= 0.6 is 0 Å². The Labute approximate surface area is 119 Å². The SMILES string of the molecule is CC(O)C(N)c1nc(C(=O)N2CCCCCCC2)co1. The molecule has 0 aliphatic carbocycles. The summed E-state index contributed by atoms with van der Waals surface area (Å²) in [4.78, 5) is 18.3. The van der Waals surface area contributed by atoms with Gasteiger partial charge in [0.2, 0.25) is 5.89 Å². The first-order chi connectivity index (χ1) is 9.59. The van der Waals surface area contributed by atoms with Gasteiger partial charge in [0, 0.05) is 13.1 Å². The van der Waals surface area contributed by atoms with Gasteiger partial charge in [0.15, 0.2) is 5.69 Å². The van der Waals surface area contributed by atoms with Gasteiger partial charge in [0.1, 0.15) is 12.3 Å². The van der Waals surface area contributed by atoms with E-state index < -0.39 is 12.1 Å². The Morgan fingerprint density at radius 3 is 2.55 bits per heavy atom. The van der Waals surface area contributed by atoms with E-state index in [1.165, 1.54) is 25.5 Å². The lowest BCUT2D eigenvalue weighted by Gasteiger charge is -2.23. The van der Waals surface area contributed by atoms with Crippen molar-refractivity contribution in [2.45, 2.75) is 51.2 Å². The van der Waals surface area contributed by atoms with E-state index >= 15 is 0 Å². The van der Waals surface area contributed by atoms with Crippen LogP contribution in [0, 0.1) is 0 Å². The van der Waals surface area contributed by atoms with Crippen LogP contribution < -0.4 is 5.73 Å². The highest BCUT2D eigenvalue weighted by Crippen LogP contribution is 2.17. The molecular weight excluding hydrogens is 258 g/mol. The number of amides is 1. The lowest BCUT2D eigenvalue weighted by atomic mass is 10.1. The molecule has 6 heteroatoms. The largest absolute Gasteiger partial charge is 0.446 e. The quantitative estimate of drug-likeness (QED) is 0.875. The van der Waals surface area contributed by atoms with Crippen molar-refractivity contribution in [1.82, 2.24) is 9.88 Å². The summed E-state index contributed by atoms with van der Waals surface area (Å²) in [6, 6.07) is -0.705. The molecule has 6 nitrogen and oxygen atoms in total.